The number of nitriles is 1. The molecule has 1 heterocycles. The molecule has 0 fully saturated rings. The molecule has 22 heavy (non-hydrogen) atoms. The van der Waals surface area contributed by atoms with Crippen LogP contribution in [-0.2, 0) is 6.54 Å². The van der Waals surface area contributed by atoms with Gasteiger partial charge in [0.25, 0.3) is 5.91 Å². The number of anilines is 1. The summed E-state index contributed by atoms with van der Waals surface area (Å²) < 4.78 is 0. The van der Waals surface area contributed by atoms with Gasteiger partial charge in [-0.05, 0) is 30.7 Å². The number of hydrogen-bond acceptors (Lipinski definition) is 4. The van der Waals surface area contributed by atoms with Crippen molar-refractivity contribution >= 4 is 23.2 Å². The highest BCUT2D eigenvalue weighted by Crippen LogP contribution is 2.18. The molecule has 0 aliphatic rings. The Morgan fingerprint density at radius 2 is 2.09 bits per heavy atom. The first-order valence-corrected chi connectivity index (χ1v) is 7.18. The summed E-state index contributed by atoms with van der Waals surface area (Å²) in [6.45, 7) is 3.06. The third-order valence-electron chi connectivity index (χ3n) is 3.00. The van der Waals surface area contributed by atoms with Crippen LogP contribution in [0.1, 0.15) is 28.5 Å². The zero-order valence-electron chi connectivity index (χ0n) is 12.1. The first-order valence-electron chi connectivity index (χ1n) is 6.80. The van der Waals surface area contributed by atoms with Gasteiger partial charge in [0.2, 0.25) is 0 Å². The molecular weight excluding hydrogens is 300 g/mol. The molecular formula is C16H15ClN4O. The molecule has 112 valence electrons. The molecule has 2 N–H and O–H groups in total. The fourth-order valence-electron chi connectivity index (χ4n) is 1.86. The van der Waals surface area contributed by atoms with Crippen molar-refractivity contribution in [1.29, 1.82) is 5.26 Å². The standard InChI is InChI=1S/C16H15ClN4O/c1-2-19-16(22)12-5-3-11(4-6-12)9-20-13-7-14(17)15(8-18)21-10-13/h3-7,10,20H,2,9H2,1H3,(H,19,22). The summed E-state index contributed by atoms with van der Waals surface area (Å²) in [6, 6.07) is 10.9. The molecule has 0 bridgehead atoms. The lowest BCUT2D eigenvalue weighted by Gasteiger charge is -2.08. The summed E-state index contributed by atoms with van der Waals surface area (Å²) in [7, 11) is 0. The fraction of sp³-hybridized carbons (Fsp3) is 0.188. The molecule has 0 radical (unpaired) electrons. The highest BCUT2D eigenvalue weighted by atomic mass is 35.5. The fourth-order valence-corrected chi connectivity index (χ4v) is 2.07. The van der Waals surface area contributed by atoms with Crippen LogP contribution in [0.5, 0.6) is 0 Å². The van der Waals surface area contributed by atoms with Crippen molar-refractivity contribution in [1.82, 2.24) is 10.3 Å². The summed E-state index contributed by atoms with van der Waals surface area (Å²) in [5, 5.41) is 15.0. The molecule has 0 atom stereocenters. The van der Waals surface area contributed by atoms with E-state index in [0.717, 1.165) is 11.3 Å². The van der Waals surface area contributed by atoms with Crippen molar-refractivity contribution in [2.75, 3.05) is 11.9 Å². The smallest absolute Gasteiger partial charge is 0.251 e. The van der Waals surface area contributed by atoms with E-state index in [9.17, 15) is 4.79 Å². The molecule has 0 spiro atoms. The predicted molar refractivity (Wildman–Crippen MR) is 85.7 cm³/mol. The van der Waals surface area contributed by atoms with E-state index in [1.165, 1.54) is 0 Å². The number of carbonyl (C=O) groups excluding carboxylic acids is 1. The van der Waals surface area contributed by atoms with Crippen molar-refractivity contribution in [3.63, 3.8) is 0 Å². The zero-order chi connectivity index (χ0) is 15.9. The Kier molecular flexibility index (Phi) is 5.34. The molecule has 0 aliphatic carbocycles. The van der Waals surface area contributed by atoms with Crippen LogP contribution in [0, 0.1) is 11.3 Å². The van der Waals surface area contributed by atoms with Gasteiger partial charge in [-0.1, -0.05) is 23.7 Å². The Labute approximate surface area is 133 Å². The maximum atomic E-state index is 11.7. The van der Waals surface area contributed by atoms with Crippen molar-refractivity contribution in [3.8, 4) is 6.07 Å². The maximum Gasteiger partial charge on any atom is 0.251 e. The van der Waals surface area contributed by atoms with Gasteiger partial charge in [-0.15, -0.1) is 0 Å². The lowest BCUT2D eigenvalue weighted by atomic mass is 10.1. The third kappa shape index (κ3) is 3.96. The topological polar surface area (TPSA) is 77.8 Å². The van der Waals surface area contributed by atoms with E-state index in [4.69, 9.17) is 16.9 Å². The molecule has 2 aromatic rings. The highest BCUT2D eigenvalue weighted by Gasteiger charge is 2.05. The average molecular weight is 315 g/mol. The van der Waals surface area contributed by atoms with Gasteiger partial charge in [-0.2, -0.15) is 5.26 Å². The second kappa shape index (κ2) is 7.43. The van der Waals surface area contributed by atoms with Crippen molar-refractivity contribution in [2.45, 2.75) is 13.5 Å². The van der Waals surface area contributed by atoms with Crippen LogP contribution in [0.3, 0.4) is 0 Å². The number of benzene rings is 1. The van der Waals surface area contributed by atoms with Crippen LogP contribution >= 0.6 is 11.6 Å². The summed E-state index contributed by atoms with van der Waals surface area (Å²) in [5.74, 6) is -0.0786. The van der Waals surface area contributed by atoms with E-state index in [2.05, 4.69) is 15.6 Å². The molecule has 2 rings (SSSR count). The number of amides is 1. The van der Waals surface area contributed by atoms with E-state index in [0.29, 0.717) is 23.7 Å². The molecule has 1 aromatic carbocycles. The normalized spacial score (nSPS) is 9.86. The van der Waals surface area contributed by atoms with Crippen LogP contribution in [0.15, 0.2) is 36.5 Å². The maximum absolute atomic E-state index is 11.7. The van der Waals surface area contributed by atoms with Crippen LogP contribution in [0.2, 0.25) is 5.02 Å². The number of aromatic nitrogens is 1. The van der Waals surface area contributed by atoms with Crippen LogP contribution < -0.4 is 10.6 Å². The van der Waals surface area contributed by atoms with Crippen LogP contribution in [-0.4, -0.2) is 17.4 Å². The Hall–Kier alpha value is -2.58. The second-order valence-corrected chi connectivity index (χ2v) is 4.98. The number of nitrogens with zero attached hydrogens (tertiary/aromatic N) is 2. The molecule has 0 saturated carbocycles. The van der Waals surface area contributed by atoms with Gasteiger partial charge >= 0.3 is 0 Å². The van der Waals surface area contributed by atoms with Gasteiger partial charge in [0.05, 0.1) is 16.9 Å². The lowest BCUT2D eigenvalue weighted by molar-refractivity contribution is 0.0956. The Balaban J connectivity index is 1.99. The highest BCUT2D eigenvalue weighted by molar-refractivity contribution is 6.31. The van der Waals surface area contributed by atoms with Gasteiger partial charge in [0.1, 0.15) is 6.07 Å². The molecule has 5 nitrogen and oxygen atoms in total. The minimum atomic E-state index is -0.0786. The van der Waals surface area contributed by atoms with Crippen LogP contribution in [0.4, 0.5) is 5.69 Å². The summed E-state index contributed by atoms with van der Waals surface area (Å²) in [4.78, 5) is 15.6. The number of pyridine rings is 1. The van der Waals surface area contributed by atoms with E-state index >= 15 is 0 Å². The predicted octanol–water partition coefficient (Wildman–Crippen LogP) is 2.97. The van der Waals surface area contributed by atoms with Crippen molar-refractivity contribution < 1.29 is 4.79 Å². The van der Waals surface area contributed by atoms with E-state index in [1.54, 1.807) is 24.4 Å². The Bertz CT molecular complexity index is 707. The largest absolute Gasteiger partial charge is 0.380 e. The van der Waals surface area contributed by atoms with Crippen molar-refractivity contribution in [3.05, 3.63) is 58.4 Å². The van der Waals surface area contributed by atoms with E-state index < -0.39 is 0 Å². The molecule has 6 heteroatoms. The van der Waals surface area contributed by atoms with Crippen LogP contribution in [0.25, 0.3) is 0 Å². The quantitative estimate of drug-likeness (QED) is 0.889. The molecule has 1 aromatic heterocycles. The Morgan fingerprint density at radius 3 is 2.68 bits per heavy atom. The van der Waals surface area contributed by atoms with Gasteiger partial charge in [-0.3, -0.25) is 4.79 Å². The molecule has 0 unspecified atom stereocenters. The third-order valence-corrected chi connectivity index (χ3v) is 3.29. The molecule has 0 saturated heterocycles. The number of nitrogens with one attached hydrogen (secondary N) is 2. The molecule has 1 amide bonds. The first-order chi connectivity index (χ1) is 10.6. The van der Waals surface area contributed by atoms with Gasteiger partial charge in [-0.25, -0.2) is 4.98 Å². The average Bonchev–Trinajstić information content (AvgIpc) is 2.54. The zero-order valence-corrected chi connectivity index (χ0v) is 12.8. The van der Waals surface area contributed by atoms with Gasteiger partial charge in [0.15, 0.2) is 5.69 Å². The van der Waals surface area contributed by atoms with Crippen molar-refractivity contribution in [2.24, 2.45) is 0 Å². The summed E-state index contributed by atoms with van der Waals surface area (Å²) in [6.07, 6.45) is 1.56. The second-order valence-electron chi connectivity index (χ2n) is 4.58. The molecule has 0 aliphatic heterocycles. The number of hydrogen-bond donors (Lipinski definition) is 2. The summed E-state index contributed by atoms with van der Waals surface area (Å²) in [5.41, 5.74) is 2.59. The van der Waals surface area contributed by atoms with Gasteiger partial charge < -0.3 is 10.6 Å². The Morgan fingerprint density at radius 1 is 1.36 bits per heavy atom. The van der Waals surface area contributed by atoms with E-state index in [1.807, 2.05) is 25.1 Å². The minimum Gasteiger partial charge on any atom is -0.380 e. The minimum absolute atomic E-state index is 0.0786. The number of halogens is 1. The number of rotatable bonds is 5. The number of carbonyl (C=O) groups is 1. The SMILES string of the molecule is CCNC(=O)c1ccc(CNc2cnc(C#N)c(Cl)c2)cc1. The lowest BCUT2D eigenvalue weighted by Crippen LogP contribution is -2.22. The monoisotopic (exact) mass is 314 g/mol. The van der Waals surface area contributed by atoms with Gasteiger partial charge in [0, 0.05) is 18.7 Å². The first kappa shape index (κ1) is 15.8. The van der Waals surface area contributed by atoms with E-state index in [-0.39, 0.29) is 11.6 Å². The summed E-state index contributed by atoms with van der Waals surface area (Å²) >= 11 is 5.93.